The smallest absolute Gasteiger partial charge is 0.325 e. The molecule has 0 aromatic heterocycles. The molecule has 0 spiro atoms. The predicted molar refractivity (Wildman–Crippen MR) is 73.7 cm³/mol. The lowest BCUT2D eigenvalue weighted by Gasteiger charge is -2.41. The van der Waals surface area contributed by atoms with Crippen molar-refractivity contribution in [1.29, 1.82) is 5.41 Å². The first-order valence-corrected chi connectivity index (χ1v) is 6.34. The first-order chi connectivity index (χ1) is 9.47. The zero-order chi connectivity index (χ0) is 14.9. The Kier molecular flexibility index (Phi) is 3.87. The van der Waals surface area contributed by atoms with Crippen LogP contribution in [0.1, 0.15) is 13.8 Å². The van der Waals surface area contributed by atoms with Crippen molar-refractivity contribution in [3.63, 3.8) is 0 Å². The third-order valence-corrected chi connectivity index (χ3v) is 3.63. The quantitative estimate of drug-likeness (QED) is 0.583. The van der Waals surface area contributed by atoms with Gasteiger partial charge in [0.05, 0.1) is 13.7 Å². The second-order valence-electron chi connectivity index (χ2n) is 4.83. The highest BCUT2D eigenvalue weighted by Gasteiger charge is 2.34. The number of carbonyl (C=O) groups excluding carboxylic acids is 2. The summed E-state index contributed by atoms with van der Waals surface area (Å²) in [5.74, 6) is 0.162. The number of hydrogen-bond donors (Lipinski definition) is 1. The van der Waals surface area contributed by atoms with Gasteiger partial charge in [-0.25, -0.2) is 0 Å². The monoisotopic (exact) mass is 278 g/mol. The number of aliphatic imine (C=N–C) groups is 1. The summed E-state index contributed by atoms with van der Waals surface area (Å²) in [6, 6.07) is -0.283. The molecule has 0 radical (unpaired) electrons. The molecule has 1 saturated heterocycles. The third-order valence-electron chi connectivity index (χ3n) is 3.63. The lowest BCUT2D eigenvalue weighted by Crippen LogP contribution is -2.53. The number of nitrogens with zero attached hydrogens (tertiary/aromatic N) is 3. The maximum absolute atomic E-state index is 12.1. The van der Waals surface area contributed by atoms with Crippen molar-refractivity contribution >= 4 is 23.9 Å². The average Bonchev–Trinajstić information content (AvgIpc) is 2.44. The van der Waals surface area contributed by atoms with E-state index in [0.29, 0.717) is 6.54 Å². The second-order valence-corrected chi connectivity index (χ2v) is 4.83. The van der Waals surface area contributed by atoms with Crippen molar-refractivity contribution in [3.8, 4) is 0 Å². The molecule has 2 rings (SSSR count). The van der Waals surface area contributed by atoms with E-state index >= 15 is 0 Å². The van der Waals surface area contributed by atoms with E-state index in [0.717, 1.165) is 17.1 Å². The van der Waals surface area contributed by atoms with Crippen molar-refractivity contribution < 1.29 is 14.3 Å². The van der Waals surface area contributed by atoms with E-state index in [1.807, 2.05) is 18.7 Å². The highest BCUT2D eigenvalue weighted by molar-refractivity contribution is 5.93. The van der Waals surface area contributed by atoms with Gasteiger partial charge in [-0.1, -0.05) is 0 Å². The molecule has 2 heterocycles. The van der Waals surface area contributed by atoms with Gasteiger partial charge in [-0.3, -0.25) is 14.6 Å². The number of fused-ring (bicyclic) bond motifs is 1. The molecule has 1 amide bonds. The van der Waals surface area contributed by atoms with E-state index in [2.05, 4.69) is 9.73 Å². The second kappa shape index (κ2) is 5.44. The van der Waals surface area contributed by atoms with Crippen LogP contribution in [0, 0.1) is 5.41 Å². The maximum atomic E-state index is 12.1. The van der Waals surface area contributed by atoms with Crippen LogP contribution in [0.5, 0.6) is 0 Å². The minimum Gasteiger partial charge on any atom is -0.468 e. The van der Waals surface area contributed by atoms with Crippen LogP contribution in [0.25, 0.3) is 0 Å². The van der Waals surface area contributed by atoms with Crippen LogP contribution >= 0.6 is 0 Å². The lowest BCUT2D eigenvalue weighted by atomic mass is 10.0. The van der Waals surface area contributed by atoms with Crippen LogP contribution in [0.4, 0.5) is 0 Å². The molecular formula is C13H18N4O3. The SMILES string of the molecule is COC(=O)CN1CC2=C(C)[C@H](C=N)N=C(C)N2CC1=O. The predicted octanol–water partition coefficient (Wildman–Crippen LogP) is 0.0278. The number of ether oxygens (including phenoxy) is 1. The minimum atomic E-state index is -0.435. The Bertz CT molecular complexity index is 524. The van der Waals surface area contributed by atoms with Crippen LogP contribution in [-0.4, -0.2) is 66.5 Å². The topological polar surface area (TPSA) is 86.1 Å². The van der Waals surface area contributed by atoms with Crippen LogP contribution in [0.15, 0.2) is 16.3 Å². The molecular weight excluding hydrogens is 260 g/mol. The molecule has 0 aromatic carbocycles. The van der Waals surface area contributed by atoms with Crippen LogP contribution < -0.4 is 0 Å². The van der Waals surface area contributed by atoms with Crippen molar-refractivity contribution in [2.24, 2.45) is 4.99 Å². The van der Waals surface area contributed by atoms with Crippen LogP contribution in [-0.2, 0) is 14.3 Å². The van der Waals surface area contributed by atoms with E-state index in [4.69, 9.17) is 5.41 Å². The maximum Gasteiger partial charge on any atom is 0.325 e. The molecule has 108 valence electrons. The molecule has 0 aliphatic carbocycles. The number of piperazine rings is 1. The molecule has 0 bridgehead atoms. The Balaban J connectivity index is 2.26. The summed E-state index contributed by atoms with van der Waals surface area (Å²) < 4.78 is 4.61. The van der Waals surface area contributed by atoms with Crippen molar-refractivity contribution in [3.05, 3.63) is 11.3 Å². The standard InChI is InChI=1S/C13H18N4O3/c1-8-10(4-14)15-9(2)17-6-12(18)16(5-11(8)17)7-13(19)20-3/h4,10,14H,5-7H2,1-3H3/t10-/m0/s1. The summed E-state index contributed by atoms with van der Waals surface area (Å²) in [6.45, 7) is 4.19. The molecule has 2 aliphatic rings. The summed E-state index contributed by atoms with van der Waals surface area (Å²) in [4.78, 5) is 31.1. The van der Waals surface area contributed by atoms with Gasteiger partial charge in [0, 0.05) is 11.9 Å². The van der Waals surface area contributed by atoms with Gasteiger partial charge in [-0.05, 0) is 19.4 Å². The first kappa shape index (κ1) is 14.2. The summed E-state index contributed by atoms with van der Waals surface area (Å²) in [5.41, 5.74) is 1.88. The number of amides is 1. The molecule has 7 nitrogen and oxygen atoms in total. The normalized spacial score (nSPS) is 22.4. The Morgan fingerprint density at radius 1 is 1.50 bits per heavy atom. The van der Waals surface area contributed by atoms with Crippen LogP contribution in [0.3, 0.4) is 0 Å². The molecule has 0 aromatic rings. The summed E-state index contributed by atoms with van der Waals surface area (Å²) in [7, 11) is 1.30. The molecule has 1 fully saturated rings. The number of amidine groups is 1. The number of nitrogens with one attached hydrogen (secondary N) is 1. The van der Waals surface area contributed by atoms with E-state index < -0.39 is 5.97 Å². The van der Waals surface area contributed by atoms with E-state index in [9.17, 15) is 9.59 Å². The number of methoxy groups -OCH3 is 1. The van der Waals surface area contributed by atoms with Gasteiger partial charge in [0.2, 0.25) is 5.91 Å². The molecule has 7 heteroatoms. The zero-order valence-electron chi connectivity index (χ0n) is 11.8. The summed E-state index contributed by atoms with van der Waals surface area (Å²) in [6.07, 6.45) is 1.28. The Labute approximate surface area is 117 Å². The number of rotatable bonds is 3. The number of esters is 1. The van der Waals surface area contributed by atoms with Crippen molar-refractivity contribution in [2.75, 3.05) is 26.7 Å². The van der Waals surface area contributed by atoms with Gasteiger partial charge in [-0.2, -0.15) is 0 Å². The van der Waals surface area contributed by atoms with Crippen molar-refractivity contribution in [1.82, 2.24) is 9.80 Å². The Morgan fingerprint density at radius 3 is 2.80 bits per heavy atom. The molecule has 1 N–H and O–H groups in total. The molecule has 0 saturated carbocycles. The fourth-order valence-corrected chi connectivity index (χ4v) is 2.40. The van der Waals surface area contributed by atoms with E-state index in [1.165, 1.54) is 18.2 Å². The van der Waals surface area contributed by atoms with Gasteiger partial charge >= 0.3 is 5.97 Å². The van der Waals surface area contributed by atoms with Gasteiger partial charge in [0.15, 0.2) is 0 Å². The van der Waals surface area contributed by atoms with Gasteiger partial charge in [0.1, 0.15) is 25.0 Å². The summed E-state index contributed by atoms with van der Waals surface area (Å²) in [5, 5.41) is 7.42. The highest BCUT2D eigenvalue weighted by atomic mass is 16.5. The minimum absolute atomic E-state index is 0.0502. The van der Waals surface area contributed by atoms with Crippen LogP contribution in [0.2, 0.25) is 0 Å². The van der Waals surface area contributed by atoms with Crippen molar-refractivity contribution in [2.45, 2.75) is 19.9 Å². The third kappa shape index (κ3) is 2.43. The van der Waals surface area contributed by atoms with E-state index in [1.54, 1.807) is 0 Å². The molecule has 1 atom stereocenters. The Hall–Kier alpha value is -2.18. The number of carbonyl (C=O) groups is 2. The largest absolute Gasteiger partial charge is 0.468 e. The average molecular weight is 278 g/mol. The van der Waals surface area contributed by atoms with E-state index in [-0.39, 0.29) is 25.0 Å². The molecule has 2 aliphatic heterocycles. The van der Waals surface area contributed by atoms with Gasteiger partial charge in [-0.15, -0.1) is 0 Å². The number of hydrogen-bond acceptors (Lipinski definition) is 6. The highest BCUT2D eigenvalue weighted by Crippen LogP contribution is 2.25. The molecule has 0 unspecified atom stereocenters. The lowest BCUT2D eigenvalue weighted by molar-refractivity contribution is -0.147. The zero-order valence-corrected chi connectivity index (χ0v) is 11.8. The van der Waals surface area contributed by atoms with Gasteiger partial charge < -0.3 is 19.9 Å². The van der Waals surface area contributed by atoms with Gasteiger partial charge in [0.25, 0.3) is 0 Å². The fourth-order valence-electron chi connectivity index (χ4n) is 2.40. The first-order valence-electron chi connectivity index (χ1n) is 6.34. The Morgan fingerprint density at radius 2 is 2.20 bits per heavy atom. The fraction of sp³-hybridized carbons (Fsp3) is 0.538. The summed E-state index contributed by atoms with van der Waals surface area (Å²) >= 11 is 0. The molecule has 20 heavy (non-hydrogen) atoms.